The molecule has 2 aromatic rings. The van der Waals surface area contributed by atoms with Crippen molar-refractivity contribution in [1.29, 1.82) is 0 Å². The van der Waals surface area contributed by atoms with Crippen LogP contribution in [0.2, 0.25) is 0 Å². The van der Waals surface area contributed by atoms with Crippen molar-refractivity contribution < 1.29 is 4.74 Å². The van der Waals surface area contributed by atoms with Crippen LogP contribution >= 0.6 is 0 Å². The molecule has 0 unspecified atom stereocenters. The van der Waals surface area contributed by atoms with Gasteiger partial charge in [-0.25, -0.2) is 9.97 Å². The molecule has 1 N–H and O–H groups in total. The van der Waals surface area contributed by atoms with Gasteiger partial charge in [0.05, 0.1) is 18.5 Å². The Labute approximate surface area is 125 Å². The molecule has 2 aromatic heterocycles. The summed E-state index contributed by atoms with van der Waals surface area (Å²) in [6.45, 7) is 7.71. The number of hydrogen-bond acceptors (Lipinski definition) is 5. The summed E-state index contributed by atoms with van der Waals surface area (Å²) in [6.07, 6.45) is 5.53. The third-order valence-corrected chi connectivity index (χ3v) is 2.87. The highest BCUT2D eigenvalue weighted by Gasteiger charge is 2.06. The molecule has 0 fully saturated rings. The lowest BCUT2D eigenvalue weighted by atomic mass is 10.2. The molecule has 2 rings (SSSR count). The van der Waals surface area contributed by atoms with Crippen molar-refractivity contribution in [3.05, 3.63) is 30.2 Å². The van der Waals surface area contributed by atoms with Gasteiger partial charge in [0, 0.05) is 24.0 Å². The maximum atomic E-state index is 5.62. The fourth-order valence-corrected chi connectivity index (χ4v) is 1.89. The number of nitrogens with zero attached hydrogens (tertiary/aromatic N) is 3. The van der Waals surface area contributed by atoms with E-state index in [1.165, 1.54) is 0 Å². The van der Waals surface area contributed by atoms with Crippen LogP contribution in [0.4, 0.5) is 5.95 Å². The average Bonchev–Trinajstić information content (AvgIpc) is 2.50. The molecule has 0 aliphatic carbocycles. The molecular weight excluding hydrogens is 264 g/mol. The van der Waals surface area contributed by atoms with Crippen LogP contribution in [0.15, 0.2) is 24.5 Å². The summed E-state index contributed by atoms with van der Waals surface area (Å²) < 4.78 is 5.62. The van der Waals surface area contributed by atoms with E-state index in [9.17, 15) is 0 Å². The first kappa shape index (κ1) is 15.2. The van der Waals surface area contributed by atoms with Crippen molar-refractivity contribution in [3.63, 3.8) is 0 Å². The Morgan fingerprint density at radius 3 is 2.71 bits per heavy atom. The van der Waals surface area contributed by atoms with Gasteiger partial charge in [-0.15, -0.1) is 0 Å². The Morgan fingerprint density at radius 1 is 1.10 bits per heavy atom. The van der Waals surface area contributed by atoms with Crippen LogP contribution < -0.4 is 10.1 Å². The number of anilines is 1. The van der Waals surface area contributed by atoms with Crippen LogP contribution in [-0.4, -0.2) is 28.1 Å². The van der Waals surface area contributed by atoms with Crippen LogP contribution in [0.25, 0.3) is 11.3 Å². The van der Waals surface area contributed by atoms with E-state index in [1.54, 1.807) is 12.4 Å². The fraction of sp³-hybridized carbons (Fsp3) is 0.438. The van der Waals surface area contributed by atoms with Crippen molar-refractivity contribution in [1.82, 2.24) is 15.0 Å². The number of nitrogens with one attached hydrogen (secondary N) is 1. The minimum Gasteiger partial charge on any atom is -0.492 e. The summed E-state index contributed by atoms with van der Waals surface area (Å²) >= 11 is 0. The van der Waals surface area contributed by atoms with Crippen molar-refractivity contribution in [2.24, 2.45) is 0 Å². The minimum absolute atomic E-state index is 0.659. The van der Waals surface area contributed by atoms with E-state index in [-0.39, 0.29) is 0 Å². The number of ether oxygens (including phenoxy) is 1. The zero-order valence-corrected chi connectivity index (χ0v) is 12.9. The largest absolute Gasteiger partial charge is 0.492 e. The summed E-state index contributed by atoms with van der Waals surface area (Å²) in [5.74, 6) is 1.43. The first-order valence-corrected chi connectivity index (χ1v) is 7.40. The highest BCUT2D eigenvalue weighted by atomic mass is 16.5. The Kier molecular flexibility index (Phi) is 5.49. The lowest BCUT2D eigenvalue weighted by molar-refractivity contribution is 0.316. The molecule has 2 heterocycles. The van der Waals surface area contributed by atoms with Gasteiger partial charge in [0.2, 0.25) is 5.95 Å². The molecule has 21 heavy (non-hydrogen) atoms. The molecule has 0 spiro atoms. The minimum atomic E-state index is 0.659. The van der Waals surface area contributed by atoms with E-state index >= 15 is 0 Å². The lowest BCUT2D eigenvalue weighted by Crippen LogP contribution is -2.06. The van der Waals surface area contributed by atoms with Gasteiger partial charge in [-0.3, -0.25) is 4.98 Å². The summed E-state index contributed by atoms with van der Waals surface area (Å²) in [6, 6.07) is 3.92. The second-order valence-electron chi connectivity index (χ2n) is 4.90. The zero-order valence-electron chi connectivity index (χ0n) is 12.9. The standard InChI is InChI=1S/C16H22N4O/c1-4-6-18-16-19-12(3)8-15(20-16)13-9-14(11-17-10-13)21-7-5-2/h8-11H,4-7H2,1-3H3,(H,18,19,20). The van der Waals surface area contributed by atoms with Crippen molar-refractivity contribution in [3.8, 4) is 17.0 Å². The molecule has 0 bridgehead atoms. The van der Waals surface area contributed by atoms with Gasteiger partial charge in [0.15, 0.2) is 0 Å². The summed E-state index contributed by atoms with van der Waals surface area (Å²) in [7, 11) is 0. The van der Waals surface area contributed by atoms with Crippen LogP contribution in [0.3, 0.4) is 0 Å². The third kappa shape index (κ3) is 4.41. The van der Waals surface area contributed by atoms with Crippen molar-refractivity contribution in [2.75, 3.05) is 18.5 Å². The van der Waals surface area contributed by atoms with Gasteiger partial charge in [-0.2, -0.15) is 0 Å². The zero-order chi connectivity index (χ0) is 15.1. The molecule has 112 valence electrons. The fourth-order valence-electron chi connectivity index (χ4n) is 1.89. The van der Waals surface area contributed by atoms with Gasteiger partial charge in [0.25, 0.3) is 0 Å². The highest BCUT2D eigenvalue weighted by molar-refractivity contribution is 5.61. The van der Waals surface area contributed by atoms with Crippen molar-refractivity contribution in [2.45, 2.75) is 33.6 Å². The van der Waals surface area contributed by atoms with Crippen LogP contribution in [-0.2, 0) is 0 Å². The number of hydrogen-bond donors (Lipinski definition) is 1. The van der Waals surface area contributed by atoms with Gasteiger partial charge < -0.3 is 10.1 Å². The van der Waals surface area contributed by atoms with E-state index < -0.39 is 0 Å². The van der Waals surface area contributed by atoms with E-state index in [0.29, 0.717) is 12.6 Å². The average molecular weight is 286 g/mol. The Hall–Kier alpha value is -2.17. The molecule has 0 aliphatic rings. The summed E-state index contributed by atoms with van der Waals surface area (Å²) in [4.78, 5) is 13.2. The van der Waals surface area contributed by atoms with Gasteiger partial charge >= 0.3 is 0 Å². The molecular formula is C16H22N4O. The van der Waals surface area contributed by atoms with E-state index in [1.807, 2.05) is 19.1 Å². The summed E-state index contributed by atoms with van der Waals surface area (Å²) in [5.41, 5.74) is 2.72. The van der Waals surface area contributed by atoms with E-state index in [4.69, 9.17) is 4.74 Å². The van der Waals surface area contributed by atoms with Crippen LogP contribution in [0, 0.1) is 6.92 Å². The van der Waals surface area contributed by atoms with E-state index in [2.05, 4.69) is 34.1 Å². The number of aromatic nitrogens is 3. The Morgan fingerprint density at radius 2 is 1.95 bits per heavy atom. The monoisotopic (exact) mass is 286 g/mol. The predicted octanol–water partition coefficient (Wildman–Crippen LogP) is 3.46. The first-order chi connectivity index (χ1) is 10.2. The SMILES string of the molecule is CCCNc1nc(C)cc(-c2cncc(OCCC)c2)n1. The molecule has 0 aliphatic heterocycles. The molecule has 0 amide bonds. The maximum absolute atomic E-state index is 5.62. The third-order valence-electron chi connectivity index (χ3n) is 2.87. The van der Waals surface area contributed by atoms with E-state index in [0.717, 1.165) is 42.1 Å². The second kappa shape index (κ2) is 7.57. The first-order valence-electron chi connectivity index (χ1n) is 7.40. The quantitative estimate of drug-likeness (QED) is 0.844. The Bertz CT molecular complexity index is 586. The summed E-state index contributed by atoms with van der Waals surface area (Å²) in [5, 5.41) is 3.22. The van der Waals surface area contributed by atoms with Crippen LogP contribution in [0.1, 0.15) is 32.4 Å². The Balaban J connectivity index is 2.26. The molecule has 5 heteroatoms. The number of rotatable bonds is 7. The topological polar surface area (TPSA) is 59.9 Å². The van der Waals surface area contributed by atoms with Gasteiger partial charge in [-0.05, 0) is 31.9 Å². The normalized spacial score (nSPS) is 10.4. The maximum Gasteiger partial charge on any atom is 0.223 e. The number of aryl methyl sites for hydroxylation is 1. The number of pyridine rings is 1. The van der Waals surface area contributed by atoms with Gasteiger partial charge in [0.1, 0.15) is 5.75 Å². The molecule has 0 aromatic carbocycles. The molecule has 0 atom stereocenters. The molecule has 0 saturated carbocycles. The van der Waals surface area contributed by atoms with Crippen LogP contribution in [0.5, 0.6) is 5.75 Å². The lowest BCUT2D eigenvalue weighted by Gasteiger charge is -2.09. The van der Waals surface area contributed by atoms with Gasteiger partial charge in [-0.1, -0.05) is 13.8 Å². The van der Waals surface area contributed by atoms with Crippen molar-refractivity contribution >= 4 is 5.95 Å². The highest BCUT2D eigenvalue weighted by Crippen LogP contribution is 2.22. The molecule has 0 radical (unpaired) electrons. The predicted molar refractivity (Wildman–Crippen MR) is 84.6 cm³/mol. The smallest absolute Gasteiger partial charge is 0.223 e. The molecule has 0 saturated heterocycles. The molecule has 5 nitrogen and oxygen atoms in total. The second-order valence-corrected chi connectivity index (χ2v) is 4.90.